The Morgan fingerprint density at radius 3 is 2.76 bits per heavy atom. The van der Waals surface area contributed by atoms with Gasteiger partial charge in [0.05, 0.1) is 23.7 Å². The first-order valence-electron chi connectivity index (χ1n) is 11.9. The van der Waals surface area contributed by atoms with E-state index in [4.69, 9.17) is 11.6 Å². The molecule has 2 aliphatic rings. The highest BCUT2D eigenvalue weighted by atomic mass is 35.5. The van der Waals surface area contributed by atoms with Crippen LogP contribution in [0.15, 0.2) is 36.4 Å². The SMILES string of the molecule is COC(=O)CCC/C=C\C[C@H]1C(=O)C[C@@H](O)[C@@H]1/C=C/CC(O)C1(Cc2ccc(Cl)s2)CCC1. The monoisotopic (exact) mass is 494 g/mol. The third kappa shape index (κ3) is 7.01. The van der Waals surface area contributed by atoms with Crippen molar-refractivity contribution in [2.75, 3.05) is 7.11 Å². The zero-order valence-electron chi connectivity index (χ0n) is 19.2. The summed E-state index contributed by atoms with van der Waals surface area (Å²) in [6.45, 7) is 0. The average Bonchev–Trinajstić information content (AvgIpc) is 3.28. The van der Waals surface area contributed by atoms with Gasteiger partial charge in [-0.2, -0.15) is 0 Å². The Bertz CT molecular complexity index is 857. The number of hydrogen-bond donors (Lipinski definition) is 2. The number of aliphatic hydroxyl groups excluding tert-OH is 2. The third-order valence-corrected chi connectivity index (χ3v) is 8.43. The number of carbonyl (C=O) groups excluding carboxylic acids is 2. The molecule has 182 valence electrons. The van der Waals surface area contributed by atoms with Crippen molar-refractivity contribution in [3.8, 4) is 0 Å². The molecule has 1 aromatic rings. The Morgan fingerprint density at radius 1 is 1.33 bits per heavy atom. The van der Waals surface area contributed by atoms with Crippen LogP contribution in [-0.4, -0.2) is 41.3 Å². The standard InChI is InChI=1S/C26H35ClO5S/c1-32-25(31)11-5-3-2-4-8-19-20(22(29)16-21(19)28)9-6-10-23(30)26(14-7-15-26)17-18-12-13-24(27)33-18/h2,4,6,9,12-13,19-20,22-23,29-30H,3,5,7-8,10-11,14-17H2,1H3/b4-2-,9-6+/t19-,20-,22-,23?/m1/s1. The van der Waals surface area contributed by atoms with Gasteiger partial charge in [-0.1, -0.05) is 42.3 Å². The zero-order chi connectivity index (χ0) is 23.8. The van der Waals surface area contributed by atoms with Gasteiger partial charge in [-0.3, -0.25) is 9.59 Å². The molecular weight excluding hydrogens is 460 g/mol. The van der Waals surface area contributed by atoms with Gasteiger partial charge in [-0.15, -0.1) is 11.3 Å². The van der Waals surface area contributed by atoms with E-state index in [1.165, 1.54) is 12.0 Å². The van der Waals surface area contributed by atoms with E-state index in [1.54, 1.807) is 11.3 Å². The number of halogens is 1. The van der Waals surface area contributed by atoms with E-state index >= 15 is 0 Å². The Morgan fingerprint density at radius 2 is 2.12 bits per heavy atom. The van der Waals surface area contributed by atoms with E-state index in [2.05, 4.69) is 4.74 Å². The number of esters is 1. The molecule has 33 heavy (non-hydrogen) atoms. The minimum absolute atomic E-state index is 0.0851. The lowest BCUT2D eigenvalue weighted by atomic mass is 9.62. The average molecular weight is 495 g/mol. The molecule has 0 bridgehead atoms. The van der Waals surface area contributed by atoms with Crippen LogP contribution in [0.4, 0.5) is 0 Å². The summed E-state index contributed by atoms with van der Waals surface area (Å²) in [6.07, 6.45) is 13.8. The number of unbranched alkanes of at least 4 members (excludes halogenated alkanes) is 1. The predicted octanol–water partition coefficient (Wildman–Crippen LogP) is 5.28. The molecule has 0 spiro atoms. The molecule has 3 rings (SSSR count). The molecule has 0 aromatic carbocycles. The normalized spacial score (nSPS) is 25.6. The van der Waals surface area contributed by atoms with Gasteiger partial charge in [-0.25, -0.2) is 0 Å². The van der Waals surface area contributed by atoms with Crippen LogP contribution in [0.5, 0.6) is 0 Å². The maximum atomic E-state index is 12.4. The van der Waals surface area contributed by atoms with Gasteiger partial charge < -0.3 is 14.9 Å². The topological polar surface area (TPSA) is 83.8 Å². The molecule has 2 aliphatic carbocycles. The molecule has 1 unspecified atom stereocenters. The highest BCUT2D eigenvalue weighted by Gasteiger charge is 2.43. The second kappa shape index (κ2) is 12.3. The van der Waals surface area contributed by atoms with Gasteiger partial charge >= 0.3 is 5.97 Å². The van der Waals surface area contributed by atoms with E-state index in [1.807, 2.05) is 36.4 Å². The fourth-order valence-electron chi connectivity index (χ4n) is 5.02. The molecule has 0 amide bonds. The molecule has 0 aliphatic heterocycles. The van der Waals surface area contributed by atoms with Crippen molar-refractivity contribution in [2.45, 2.75) is 76.4 Å². The number of methoxy groups -OCH3 is 1. The number of rotatable bonds is 12. The molecule has 4 atom stereocenters. The summed E-state index contributed by atoms with van der Waals surface area (Å²) >= 11 is 7.65. The molecule has 0 saturated heterocycles. The highest BCUT2D eigenvalue weighted by molar-refractivity contribution is 7.16. The molecule has 2 fully saturated rings. The number of aliphatic hydroxyl groups is 2. The fourth-order valence-corrected chi connectivity index (χ4v) is 6.26. The van der Waals surface area contributed by atoms with Crippen molar-refractivity contribution in [3.63, 3.8) is 0 Å². The summed E-state index contributed by atoms with van der Waals surface area (Å²) in [5.41, 5.74) is -0.102. The first kappa shape index (κ1) is 26.1. The van der Waals surface area contributed by atoms with Gasteiger partial charge in [0, 0.05) is 35.0 Å². The number of hydrogen-bond acceptors (Lipinski definition) is 6. The van der Waals surface area contributed by atoms with Crippen molar-refractivity contribution < 1.29 is 24.5 Å². The molecule has 7 heteroatoms. The first-order chi connectivity index (χ1) is 15.8. The quantitative estimate of drug-likeness (QED) is 0.235. The van der Waals surface area contributed by atoms with Crippen molar-refractivity contribution >= 4 is 34.7 Å². The Balaban J connectivity index is 1.51. The first-order valence-corrected chi connectivity index (χ1v) is 13.1. The number of allylic oxidation sites excluding steroid dienone is 2. The molecule has 2 N–H and O–H groups in total. The third-order valence-electron chi connectivity index (χ3n) is 7.20. The second-order valence-electron chi connectivity index (χ2n) is 9.38. The predicted molar refractivity (Wildman–Crippen MR) is 131 cm³/mol. The maximum absolute atomic E-state index is 12.4. The molecule has 5 nitrogen and oxygen atoms in total. The Labute approximate surface area is 205 Å². The van der Waals surface area contributed by atoms with Crippen LogP contribution in [0.2, 0.25) is 4.34 Å². The second-order valence-corrected chi connectivity index (χ2v) is 11.2. The summed E-state index contributed by atoms with van der Waals surface area (Å²) in [5, 5.41) is 21.4. The van der Waals surface area contributed by atoms with E-state index in [-0.39, 0.29) is 35.4 Å². The van der Waals surface area contributed by atoms with Crippen LogP contribution in [0.3, 0.4) is 0 Å². The van der Waals surface area contributed by atoms with Crippen LogP contribution in [0, 0.1) is 17.3 Å². The molecule has 0 radical (unpaired) electrons. The van der Waals surface area contributed by atoms with E-state index in [9.17, 15) is 19.8 Å². The molecular formula is C26H35ClO5S. The fraction of sp³-hybridized carbons (Fsp3) is 0.615. The van der Waals surface area contributed by atoms with Crippen molar-refractivity contribution in [1.82, 2.24) is 0 Å². The summed E-state index contributed by atoms with van der Waals surface area (Å²) in [6, 6.07) is 3.95. The van der Waals surface area contributed by atoms with Crippen LogP contribution < -0.4 is 0 Å². The van der Waals surface area contributed by atoms with E-state index in [0.29, 0.717) is 25.7 Å². The van der Waals surface area contributed by atoms with Crippen molar-refractivity contribution in [1.29, 1.82) is 0 Å². The largest absolute Gasteiger partial charge is 0.469 e. The van der Waals surface area contributed by atoms with E-state index < -0.39 is 12.2 Å². The summed E-state index contributed by atoms with van der Waals surface area (Å²) in [5.74, 6) is -0.594. The van der Waals surface area contributed by atoms with Gasteiger partial charge in [0.1, 0.15) is 5.78 Å². The van der Waals surface area contributed by atoms with Gasteiger partial charge in [0.2, 0.25) is 0 Å². The van der Waals surface area contributed by atoms with Gasteiger partial charge in [-0.05, 0) is 57.1 Å². The van der Waals surface area contributed by atoms with Gasteiger partial charge in [0.15, 0.2) is 0 Å². The molecule has 2 saturated carbocycles. The Hall–Kier alpha value is -1.47. The Kier molecular flexibility index (Phi) is 9.74. The highest BCUT2D eigenvalue weighted by Crippen LogP contribution is 2.48. The maximum Gasteiger partial charge on any atom is 0.305 e. The number of thiophene rings is 1. The minimum Gasteiger partial charge on any atom is -0.469 e. The van der Waals surface area contributed by atoms with Crippen LogP contribution in [-0.2, 0) is 20.7 Å². The zero-order valence-corrected chi connectivity index (χ0v) is 20.8. The van der Waals surface area contributed by atoms with E-state index in [0.717, 1.165) is 36.4 Å². The number of ether oxygens (including phenoxy) is 1. The number of Topliss-reactive ketones (excluding diaryl/α,β-unsaturated/α-hetero) is 1. The summed E-state index contributed by atoms with van der Waals surface area (Å²) < 4.78 is 5.40. The number of ketones is 1. The summed E-state index contributed by atoms with van der Waals surface area (Å²) in [4.78, 5) is 24.8. The lowest BCUT2D eigenvalue weighted by Crippen LogP contribution is -2.42. The van der Waals surface area contributed by atoms with Crippen molar-refractivity contribution in [2.24, 2.45) is 17.3 Å². The lowest BCUT2D eigenvalue weighted by Gasteiger charge is -2.45. The molecule has 1 heterocycles. The number of carbonyl (C=O) groups is 2. The van der Waals surface area contributed by atoms with Gasteiger partial charge in [0.25, 0.3) is 0 Å². The van der Waals surface area contributed by atoms with Crippen LogP contribution >= 0.6 is 22.9 Å². The lowest BCUT2D eigenvalue weighted by molar-refractivity contribution is -0.140. The molecule has 1 aromatic heterocycles. The minimum atomic E-state index is -0.672. The van der Waals surface area contributed by atoms with Crippen molar-refractivity contribution in [3.05, 3.63) is 45.7 Å². The smallest absolute Gasteiger partial charge is 0.305 e. The summed E-state index contributed by atoms with van der Waals surface area (Å²) in [7, 11) is 1.38. The van der Waals surface area contributed by atoms with Crippen LogP contribution in [0.25, 0.3) is 0 Å². The van der Waals surface area contributed by atoms with Crippen LogP contribution in [0.1, 0.15) is 62.7 Å².